The molecule has 1 N–H and O–H groups in total. The van der Waals surface area contributed by atoms with Crippen molar-refractivity contribution in [3.8, 4) is 0 Å². The van der Waals surface area contributed by atoms with Crippen molar-refractivity contribution in [2.45, 2.75) is 19.3 Å². The number of fused-ring (bicyclic) bond motifs is 3. The van der Waals surface area contributed by atoms with E-state index in [0.717, 1.165) is 29.9 Å². The fraction of sp³-hybridized carbons (Fsp3) is 0.385. The molecule has 1 aromatic carbocycles. The molecule has 2 aromatic rings. The minimum atomic E-state index is -3.79. The second kappa shape index (κ2) is 4.45. The fourth-order valence-corrected chi connectivity index (χ4v) is 4.00. The number of nitrogens with one attached hydrogen (secondary N) is 1. The number of likely N-dealkylation sites (tertiary alicyclic amines) is 1. The summed E-state index contributed by atoms with van der Waals surface area (Å²) in [5, 5.41) is 3.06. The Morgan fingerprint density at radius 3 is 2.67 bits per heavy atom. The maximum Gasteiger partial charge on any atom is 0.354 e. The van der Waals surface area contributed by atoms with Crippen molar-refractivity contribution in [3.63, 3.8) is 0 Å². The van der Waals surface area contributed by atoms with Gasteiger partial charge in [0.15, 0.2) is 0 Å². The summed E-state index contributed by atoms with van der Waals surface area (Å²) in [4.78, 5) is 6.34. The summed E-state index contributed by atoms with van der Waals surface area (Å²) < 4.78 is 30.0. The number of imidazole rings is 1. The molecule has 0 atom stereocenters. The van der Waals surface area contributed by atoms with Gasteiger partial charge < -0.3 is 4.90 Å². The normalized spacial score (nSPS) is 20.8. The van der Waals surface area contributed by atoms with Gasteiger partial charge in [0.25, 0.3) is 0 Å². The summed E-state index contributed by atoms with van der Waals surface area (Å²) in [5.41, 5.74) is 1.18. The average molecular weight is 305 g/mol. The van der Waals surface area contributed by atoms with E-state index in [2.05, 4.69) is 14.7 Å². The predicted octanol–water partition coefficient (Wildman–Crippen LogP) is 1.40. The van der Waals surface area contributed by atoms with Gasteiger partial charge in [-0.3, -0.25) is 5.32 Å². The molecular weight excluding hydrogens is 290 g/mol. The highest BCUT2D eigenvalue weighted by atomic mass is 32.2. The van der Waals surface area contributed by atoms with Crippen LogP contribution >= 0.6 is 0 Å². The Balaban J connectivity index is 1.83. The number of hydrogen-bond donors (Lipinski definition) is 1. The second-order valence-electron chi connectivity index (χ2n) is 5.25. The van der Waals surface area contributed by atoms with Gasteiger partial charge in [-0.1, -0.05) is 12.1 Å². The number of nitrogens with zero attached hydrogens (tertiary/aromatic N) is 4. The van der Waals surface area contributed by atoms with Crippen LogP contribution in [0.4, 0.5) is 5.95 Å². The van der Waals surface area contributed by atoms with Crippen molar-refractivity contribution in [2.24, 2.45) is 4.40 Å². The highest BCUT2D eigenvalue weighted by molar-refractivity contribution is 7.89. The third kappa shape index (κ3) is 1.98. The van der Waals surface area contributed by atoms with E-state index in [0.29, 0.717) is 22.9 Å². The van der Waals surface area contributed by atoms with Crippen LogP contribution in [-0.4, -0.2) is 41.3 Å². The largest absolute Gasteiger partial charge is 0.354 e. The van der Waals surface area contributed by atoms with Gasteiger partial charge in [0.05, 0.1) is 11.0 Å². The minimum Gasteiger partial charge on any atom is -0.342 e. The molecular formula is C13H15N5O2S. The summed E-state index contributed by atoms with van der Waals surface area (Å²) in [6.45, 7) is 1.64. The van der Waals surface area contributed by atoms with Crippen molar-refractivity contribution in [3.05, 3.63) is 24.3 Å². The summed E-state index contributed by atoms with van der Waals surface area (Å²) in [6.07, 6.45) is 3.28. The summed E-state index contributed by atoms with van der Waals surface area (Å²) in [7, 11) is -3.79. The zero-order valence-electron chi connectivity index (χ0n) is 11.4. The Labute approximate surface area is 122 Å². The second-order valence-corrected chi connectivity index (χ2v) is 6.70. The van der Waals surface area contributed by atoms with Gasteiger partial charge >= 0.3 is 10.2 Å². The van der Waals surface area contributed by atoms with Gasteiger partial charge in [0.2, 0.25) is 11.9 Å². The van der Waals surface area contributed by atoms with Crippen LogP contribution in [-0.2, 0) is 10.2 Å². The van der Waals surface area contributed by atoms with Crippen LogP contribution in [0.2, 0.25) is 0 Å². The van der Waals surface area contributed by atoms with Gasteiger partial charge in [0.1, 0.15) is 0 Å². The Hall–Kier alpha value is -2.09. The van der Waals surface area contributed by atoms with Crippen LogP contribution in [0.25, 0.3) is 11.0 Å². The molecule has 0 unspecified atom stereocenters. The highest BCUT2D eigenvalue weighted by Gasteiger charge is 2.30. The van der Waals surface area contributed by atoms with Gasteiger partial charge in [-0.25, -0.2) is 4.98 Å². The number of benzene rings is 1. The van der Waals surface area contributed by atoms with Crippen LogP contribution < -0.4 is 5.32 Å². The molecule has 110 valence electrons. The first-order valence-electron chi connectivity index (χ1n) is 7.00. The molecule has 0 spiro atoms. The molecule has 2 aliphatic rings. The predicted molar refractivity (Wildman–Crippen MR) is 80.5 cm³/mol. The van der Waals surface area contributed by atoms with Gasteiger partial charge in [-0.15, -0.1) is 4.40 Å². The van der Waals surface area contributed by atoms with Crippen molar-refractivity contribution >= 4 is 33.2 Å². The van der Waals surface area contributed by atoms with Crippen molar-refractivity contribution in [1.82, 2.24) is 13.9 Å². The van der Waals surface area contributed by atoms with Crippen molar-refractivity contribution in [2.75, 3.05) is 18.4 Å². The molecule has 8 heteroatoms. The van der Waals surface area contributed by atoms with Crippen LogP contribution in [0.1, 0.15) is 19.3 Å². The van der Waals surface area contributed by atoms with E-state index in [-0.39, 0.29) is 0 Å². The smallest absolute Gasteiger partial charge is 0.342 e. The summed E-state index contributed by atoms with van der Waals surface area (Å²) in [6, 6.07) is 7.14. The quantitative estimate of drug-likeness (QED) is 0.796. The third-order valence-corrected chi connectivity index (χ3v) is 5.07. The first-order chi connectivity index (χ1) is 10.1. The molecule has 0 saturated carbocycles. The topological polar surface area (TPSA) is 79.6 Å². The molecule has 1 aromatic heterocycles. The Morgan fingerprint density at radius 2 is 1.86 bits per heavy atom. The lowest BCUT2D eigenvalue weighted by atomic mass is 10.1. The van der Waals surface area contributed by atoms with E-state index in [1.54, 1.807) is 18.2 Å². The molecule has 7 nitrogen and oxygen atoms in total. The first-order valence-corrected chi connectivity index (χ1v) is 8.40. The monoisotopic (exact) mass is 305 g/mol. The van der Waals surface area contributed by atoms with Gasteiger partial charge in [0, 0.05) is 13.1 Å². The number of aromatic nitrogens is 2. The van der Waals surface area contributed by atoms with E-state index in [1.165, 1.54) is 6.42 Å². The Kier molecular flexibility index (Phi) is 2.68. The van der Waals surface area contributed by atoms with Crippen LogP contribution in [0.3, 0.4) is 0 Å². The van der Waals surface area contributed by atoms with E-state index in [9.17, 15) is 8.42 Å². The summed E-state index contributed by atoms with van der Waals surface area (Å²) >= 11 is 0. The van der Waals surface area contributed by atoms with E-state index in [1.807, 2.05) is 11.0 Å². The third-order valence-electron chi connectivity index (χ3n) is 3.83. The van der Waals surface area contributed by atoms with E-state index in [4.69, 9.17) is 0 Å². The van der Waals surface area contributed by atoms with Gasteiger partial charge in [-0.2, -0.15) is 12.4 Å². The molecule has 0 radical (unpaired) electrons. The lowest BCUT2D eigenvalue weighted by Crippen LogP contribution is -2.43. The number of piperidine rings is 1. The van der Waals surface area contributed by atoms with Crippen molar-refractivity contribution in [1.29, 1.82) is 0 Å². The molecule has 0 aliphatic carbocycles. The van der Waals surface area contributed by atoms with Crippen LogP contribution in [0, 0.1) is 0 Å². The van der Waals surface area contributed by atoms with E-state index >= 15 is 0 Å². The number of hydrogen-bond acceptors (Lipinski definition) is 5. The Morgan fingerprint density at radius 1 is 1.10 bits per heavy atom. The number of rotatable bonds is 0. The number of anilines is 1. The van der Waals surface area contributed by atoms with Gasteiger partial charge in [-0.05, 0) is 31.4 Å². The zero-order valence-corrected chi connectivity index (χ0v) is 12.2. The van der Waals surface area contributed by atoms with Crippen LogP contribution in [0.5, 0.6) is 0 Å². The first kappa shape index (κ1) is 12.6. The molecule has 21 heavy (non-hydrogen) atoms. The van der Waals surface area contributed by atoms with Crippen LogP contribution in [0.15, 0.2) is 28.7 Å². The standard InChI is InChI=1S/C13H15N5O2S/c19-21(20)16-13(17-8-4-1-5-9-17)15-12-14-10-6-2-3-7-11(10)18(12)21/h2-3,6-7H,1,4-5,8-9H2,(H,14,15,16). The minimum absolute atomic E-state index is 0.312. The SMILES string of the molecule is O=S1(=O)N=C(N2CCCCC2)Nc2nc3ccccc3n21. The highest BCUT2D eigenvalue weighted by Crippen LogP contribution is 2.26. The molecule has 2 aliphatic heterocycles. The number of para-hydroxylation sites is 2. The molecule has 1 fully saturated rings. The molecule has 4 rings (SSSR count). The fourth-order valence-electron chi connectivity index (χ4n) is 2.83. The lowest BCUT2D eigenvalue weighted by molar-refractivity contribution is 0.341. The molecule has 3 heterocycles. The summed E-state index contributed by atoms with van der Waals surface area (Å²) in [5.74, 6) is 0.698. The molecule has 0 bridgehead atoms. The molecule has 0 amide bonds. The Bertz CT molecular complexity index is 833. The molecule has 1 saturated heterocycles. The van der Waals surface area contributed by atoms with Crippen molar-refractivity contribution < 1.29 is 8.42 Å². The zero-order chi connectivity index (χ0) is 14.4. The van der Waals surface area contributed by atoms with E-state index < -0.39 is 10.2 Å². The lowest BCUT2D eigenvalue weighted by Gasteiger charge is -2.31. The maximum absolute atomic E-state index is 12.5. The maximum atomic E-state index is 12.5. The number of guanidine groups is 1. The average Bonchev–Trinajstić information content (AvgIpc) is 2.86.